The highest BCUT2D eigenvalue weighted by Crippen LogP contribution is 2.55. The van der Waals surface area contributed by atoms with Gasteiger partial charge in [-0.2, -0.15) is 0 Å². The molecule has 3 fully saturated rings. The molecule has 7 nitrogen and oxygen atoms in total. The largest absolute Gasteiger partial charge is 0.464 e. The molecular weight excluding hydrogens is 456 g/mol. The van der Waals surface area contributed by atoms with Gasteiger partial charge in [0.05, 0.1) is 12.0 Å². The fourth-order valence-corrected chi connectivity index (χ4v) is 7.16. The number of amides is 1. The molecule has 5 aliphatic rings. The fraction of sp³-hybridized carbons (Fsp3) is 0.448. The quantitative estimate of drug-likeness (QED) is 0.661. The summed E-state index contributed by atoms with van der Waals surface area (Å²) in [6, 6.07) is 16.5. The van der Waals surface area contributed by atoms with Gasteiger partial charge in [-0.05, 0) is 37.6 Å². The second-order valence-corrected chi connectivity index (χ2v) is 10.7. The maximum atomic E-state index is 14.0. The minimum Gasteiger partial charge on any atom is -0.464 e. The molecule has 7 heteroatoms. The number of benzene rings is 2. The SMILES string of the molecule is CN1CC(C(=O)c2ccccc2)[C@@]2(C(=O)Nc3ccccc32)C1C1=CC2OC3(CCCCC3)OC2O1. The smallest absolute Gasteiger partial charge is 0.238 e. The monoisotopic (exact) mass is 486 g/mol. The van der Waals surface area contributed by atoms with Crippen LogP contribution < -0.4 is 5.32 Å². The average Bonchev–Trinajstić information content (AvgIpc) is 3.59. The number of nitrogens with zero attached hydrogens (tertiary/aromatic N) is 1. The van der Waals surface area contributed by atoms with E-state index < -0.39 is 29.5 Å². The first-order chi connectivity index (χ1) is 17.5. The van der Waals surface area contributed by atoms with Gasteiger partial charge < -0.3 is 19.5 Å². The summed E-state index contributed by atoms with van der Waals surface area (Å²) in [6.45, 7) is 0.432. The molecule has 1 saturated carbocycles. The number of ketones is 1. The van der Waals surface area contributed by atoms with Gasteiger partial charge in [0, 0.05) is 30.6 Å². The number of rotatable bonds is 3. The van der Waals surface area contributed by atoms with Gasteiger partial charge in [-0.25, -0.2) is 0 Å². The lowest BCUT2D eigenvalue weighted by molar-refractivity contribution is -0.220. The lowest BCUT2D eigenvalue weighted by Crippen LogP contribution is -2.52. The second-order valence-electron chi connectivity index (χ2n) is 10.7. The summed E-state index contributed by atoms with van der Waals surface area (Å²) in [5.41, 5.74) is 1.08. The Morgan fingerprint density at radius 1 is 1.00 bits per heavy atom. The van der Waals surface area contributed by atoms with Crippen molar-refractivity contribution in [2.75, 3.05) is 18.9 Å². The normalized spacial score (nSPS) is 34.4. The van der Waals surface area contributed by atoms with Crippen LogP contribution >= 0.6 is 0 Å². The number of carbonyl (C=O) groups is 2. The second kappa shape index (κ2) is 8.00. The number of nitrogens with one attached hydrogen (secondary N) is 1. The molecule has 2 spiro atoms. The summed E-state index contributed by atoms with van der Waals surface area (Å²) in [5.74, 6) is -0.690. The molecule has 4 heterocycles. The van der Waals surface area contributed by atoms with Gasteiger partial charge in [-0.15, -0.1) is 0 Å². The van der Waals surface area contributed by atoms with Gasteiger partial charge in [-0.3, -0.25) is 14.5 Å². The fourth-order valence-electron chi connectivity index (χ4n) is 7.16. The molecule has 4 unspecified atom stereocenters. The zero-order valence-corrected chi connectivity index (χ0v) is 20.3. The summed E-state index contributed by atoms with van der Waals surface area (Å²) >= 11 is 0. The van der Waals surface area contributed by atoms with E-state index in [1.54, 1.807) is 0 Å². The minimum atomic E-state index is -1.12. The standard InChI is InChI=1S/C29H30N2O5/c1-31-17-20(24(32)18-10-4-2-5-11-18)29(19-12-6-7-13-21(19)30-27(29)33)25(31)22-16-23-26(34-22)36-28(35-23)14-8-3-9-15-28/h2,4-7,10-13,16,20,23,25-26H,3,8-9,14-15,17H2,1H3,(H,30,33)/t20?,23?,25?,26?,29-/m1/s1. The first kappa shape index (κ1) is 22.2. The van der Waals surface area contributed by atoms with E-state index in [2.05, 4.69) is 10.2 Å². The van der Waals surface area contributed by atoms with Crippen molar-refractivity contribution in [1.82, 2.24) is 4.90 Å². The van der Waals surface area contributed by atoms with Crippen LogP contribution in [0.5, 0.6) is 0 Å². The Labute approximate surface area is 210 Å². The molecule has 186 valence electrons. The Balaban J connectivity index is 1.31. The Morgan fingerprint density at radius 2 is 1.75 bits per heavy atom. The molecule has 36 heavy (non-hydrogen) atoms. The molecule has 5 atom stereocenters. The molecule has 4 aliphatic heterocycles. The number of anilines is 1. The lowest BCUT2D eigenvalue weighted by Gasteiger charge is -2.36. The number of likely N-dealkylation sites (N-methyl/N-ethyl adjacent to an activating group) is 1. The molecule has 0 aromatic heterocycles. The van der Waals surface area contributed by atoms with E-state index in [0.717, 1.165) is 36.9 Å². The highest BCUT2D eigenvalue weighted by molar-refractivity contribution is 6.13. The number of carbonyl (C=O) groups excluding carboxylic acids is 2. The zero-order chi connectivity index (χ0) is 24.5. The predicted molar refractivity (Wildman–Crippen MR) is 132 cm³/mol. The van der Waals surface area contributed by atoms with Crippen molar-refractivity contribution in [1.29, 1.82) is 0 Å². The van der Waals surface area contributed by atoms with Crippen molar-refractivity contribution >= 4 is 17.4 Å². The summed E-state index contributed by atoms with van der Waals surface area (Å²) in [6.07, 6.45) is 6.29. The first-order valence-corrected chi connectivity index (χ1v) is 13.0. The summed E-state index contributed by atoms with van der Waals surface area (Å²) in [4.78, 5) is 30.0. The Kier molecular flexibility index (Phi) is 4.94. The van der Waals surface area contributed by atoms with E-state index in [0.29, 0.717) is 17.9 Å². The van der Waals surface area contributed by atoms with Crippen LogP contribution in [0.3, 0.4) is 0 Å². The van der Waals surface area contributed by atoms with Gasteiger partial charge in [0.25, 0.3) is 0 Å². The van der Waals surface area contributed by atoms with Crippen molar-refractivity contribution in [3.8, 4) is 0 Å². The number of likely N-dealkylation sites (tertiary alicyclic amines) is 1. The van der Waals surface area contributed by atoms with Gasteiger partial charge >= 0.3 is 0 Å². The predicted octanol–water partition coefficient (Wildman–Crippen LogP) is 4.01. The highest BCUT2D eigenvalue weighted by Gasteiger charge is 2.67. The molecule has 2 aromatic carbocycles. The number of para-hydroxylation sites is 1. The minimum absolute atomic E-state index is 0.0377. The van der Waals surface area contributed by atoms with E-state index in [-0.39, 0.29) is 17.8 Å². The van der Waals surface area contributed by atoms with E-state index in [4.69, 9.17) is 14.2 Å². The van der Waals surface area contributed by atoms with Crippen LogP contribution in [0.1, 0.15) is 48.0 Å². The number of hydrogen-bond donors (Lipinski definition) is 1. The number of ether oxygens (including phenoxy) is 3. The summed E-state index contributed by atoms with van der Waals surface area (Å²) < 4.78 is 19.2. The van der Waals surface area contributed by atoms with Gasteiger partial charge in [-0.1, -0.05) is 55.0 Å². The van der Waals surface area contributed by atoms with Crippen LogP contribution in [0.2, 0.25) is 0 Å². The maximum Gasteiger partial charge on any atom is 0.238 e. The molecular formula is C29H30N2O5. The molecule has 1 N–H and O–H groups in total. The van der Waals surface area contributed by atoms with Crippen molar-refractivity contribution < 1.29 is 23.8 Å². The number of hydrogen-bond acceptors (Lipinski definition) is 6. The Bertz CT molecular complexity index is 1250. The van der Waals surface area contributed by atoms with E-state index >= 15 is 0 Å². The van der Waals surface area contributed by atoms with E-state index in [1.165, 1.54) is 6.42 Å². The van der Waals surface area contributed by atoms with Crippen molar-refractivity contribution in [3.05, 3.63) is 77.6 Å². The van der Waals surface area contributed by atoms with Crippen LogP contribution in [-0.4, -0.2) is 54.4 Å². The number of Topliss-reactive ketones (excluding diaryl/α,β-unsaturated/α-hetero) is 1. The van der Waals surface area contributed by atoms with Gasteiger partial charge in [0.1, 0.15) is 17.3 Å². The third kappa shape index (κ3) is 3.03. The van der Waals surface area contributed by atoms with Crippen LogP contribution in [0.25, 0.3) is 0 Å². The molecule has 7 rings (SSSR count). The third-order valence-electron chi connectivity index (χ3n) is 8.68. The summed E-state index contributed by atoms with van der Waals surface area (Å²) in [7, 11) is 1.96. The van der Waals surface area contributed by atoms with Gasteiger partial charge in [0.15, 0.2) is 11.6 Å². The van der Waals surface area contributed by atoms with E-state index in [9.17, 15) is 9.59 Å². The van der Waals surface area contributed by atoms with Crippen LogP contribution in [0, 0.1) is 5.92 Å². The lowest BCUT2D eigenvalue weighted by atomic mass is 9.66. The maximum absolute atomic E-state index is 14.0. The topological polar surface area (TPSA) is 77.1 Å². The van der Waals surface area contributed by atoms with Crippen molar-refractivity contribution in [2.45, 2.75) is 61.7 Å². The molecule has 1 aliphatic carbocycles. The average molecular weight is 487 g/mol. The van der Waals surface area contributed by atoms with Crippen molar-refractivity contribution in [3.63, 3.8) is 0 Å². The van der Waals surface area contributed by atoms with Crippen LogP contribution in [0.4, 0.5) is 5.69 Å². The summed E-state index contributed by atoms with van der Waals surface area (Å²) in [5, 5.41) is 3.07. The van der Waals surface area contributed by atoms with E-state index in [1.807, 2.05) is 67.7 Å². The zero-order valence-electron chi connectivity index (χ0n) is 20.3. The van der Waals surface area contributed by atoms with Crippen LogP contribution in [0.15, 0.2) is 66.4 Å². The Morgan fingerprint density at radius 3 is 2.53 bits per heavy atom. The molecule has 0 bridgehead atoms. The first-order valence-electron chi connectivity index (χ1n) is 13.0. The molecule has 2 aromatic rings. The van der Waals surface area contributed by atoms with Gasteiger partial charge in [0.2, 0.25) is 12.2 Å². The Hall–Kier alpha value is -3.00. The van der Waals surface area contributed by atoms with Crippen molar-refractivity contribution in [2.24, 2.45) is 5.92 Å². The highest BCUT2D eigenvalue weighted by atomic mass is 16.8. The molecule has 2 saturated heterocycles. The van der Waals surface area contributed by atoms with Crippen LogP contribution in [-0.2, 0) is 24.4 Å². The molecule has 1 amide bonds. The third-order valence-corrected chi connectivity index (χ3v) is 8.68. The molecule has 0 radical (unpaired) electrons. The number of fused-ring (bicyclic) bond motifs is 3.